The molecule has 2 heterocycles. The van der Waals surface area contributed by atoms with Gasteiger partial charge < -0.3 is 9.80 Å². The van der Waals surface area contributed by atoms with Crippen molar-refractivity contribution in [3.63, 3.8) is 0 Å². The van der Waals surface area contributed by atoms with Gasteiger partial charge in [0.25, 0.3) is 0 Å². The van der Waals surface area contributed by atoms with Crippen LogP contribution in [-0.2, 0) is 10.2 Å². The van der Waals surface area contributed by atoms with Gasteiger partial charge in [-0.25, -0.2) is 0 Å². The number of rotatable bonds is 7. The van der Waals surface area contributed by atoms with Gasteiger partial charge in [0.05, 0.1) is 0 Å². The van der Waals surface area contributed by atoms with Gasteiger partial charge in [-0.05, 0) is 68.3 Å². The van der Waals surface area contributed by atoms with Crippen LogP contribution in [0.5, 0.6) is 0 Å². The van der Waals surface area contributed by atoms with E-state index in [9.17, 15) is 9.59 Å². The highest BCUT2D eigenvalue weighted by molar-refractivity contribution is 6.10. The highest BCUT2D eigenvalue weighted by Crippen LogP contribution is 2.48. The first kappa shape index (κ1) is 28.7. The highest BCUT2D eigenvalue weighted by atomic mass is 35.5. The molecule has 2 aliphatic heterocycles. The molecule has 5 rings (SSSR count). The third kappa shape index (κ3) is 5.26. The van der Waals surface area contributed by atoms with Gasteiger partial charge in [-0.15, -0.1) is 24.8 Å². The van der Waals surface area contributed by atoms with E-state index in [2.05, 4.69) is 47.1 Å². The summed E-state index contributed by atoms with van der Waals surface area (Å²) in [5.41, 5.74) is 4.52. The Morgan fingerprint density at radius 2 is 1.46 bits per heavy atom. The zero-order valence-electron chi connectivity index (χ0n) is 21.4. The first-order chi connectivity index (χ1) is 17.0. The first-order valence-corrected chi connectivity index (χ1v) is 12.6. The highest BCUT2D eigenvalue weighted by Gasteiger charge is 2.51. The van der Waals surface area contributed by atoms with Crippen LogP contribution in [-0.4, -0.2) is 55.9 Å². The molecule has 0 bridgehead atoms. The Bertz CT molecular complexity index is 1210. The van der Waals surface area contributed by atoms with Crippen LogP contribution in [0.2, 0.25) is 0 Å². The number of likely N-dealkylation sites (N-methyl/N-ethyl adjacent to an activating group) is 1. The van der Waals surface area contributed by atoms with Gasteiger partial charge in [0.15, 0.2) is 5.78 Å². The number of benzene rings is 3. The first-order valence-electron chi connectivity index (χ1n) is 12.6. The second kappa shape index (κ2) is 12.1. The van der Waals surface area contributed by atoms with Crippen molar-refractivity contribution in [2.24, 2.45) is 0 Å². The van der Waals surface area contributed by atoms with Crippen LogP contribution in [0.1, 0.15) is 41.8 Å². The molecular formula is C30H35Cl2N3O2. The predicted molar refractivity (Wildman–Crippen MR) is 156 cm³/mol. The van der Waals surface area contributed by atoms with E-state index >= 15 is 0 Å². The molecule has 0 aliphatic carbocycles. The fourth-order valence-electron chi connectivity index (χ4n) is 5.69. The molecule has 0 radical (unpaired) electrons. The fourth-order valence-corrected chi connectivity index (χ4v) is 5.69. The Balaban J connectivity index is 0.00000190. The summed E-state index contributed by atoms with van der Waals surface area (Å²) in [7, 11) is 0. The van der Waals surface area contributed by atoms with E-state index in [0.29, 0.717) is 6.54 Å². The van der Waals surface area contributed by atoms with Crippen LogP contribution < -0.4 is 9.80 Å². The number of ketones is 1. The van der Waals surface area contributed by atoms with Gasteiger partial charge in [0.1, 0.15) is 5.41 Å². The van der Waals surface area contributed by atoms with E-state index in [1.54, 1.807) is 6.92 Å². The molecule has 1 atom stereocenters. The van der Waals surface area contributed by atoms with Gasteiger partial charge in [-0.2, -0.15) is 0 Å². The van der Waals surface area contributed by atoms with Gasteiger partial charge in [-0.3, -0.25) is 14.5 Å². The normalized spacial score (nSPS) is 19.1. The Kier molecular flexibility index (Phi) is 9.41. The number of Topliss-reactive ketones (excluding diaryl/α,β-unsaturated/α-hetero) is 1. The molecule has 2 aliphatic rings. The van der Waals surface area contributed by atoms with Crippen molar-refractivity contribution in [1.82, 2.24) is 4.90 Å². The van der Waals surface area contributed by atoms with Crippen molar-refractivity contribution in [3.05, 3.63) is 95.6 Å². The quantitative estimate of drug-likeness (QED) is 0.366. The number of anilines is 2. The van der Waals surface area contributed by atoms with Gasteiger partial charge in [-0.1, -0.05) is 48.5 Å². The molecule has 3 aromatic rings. The van der Waals surface area contributed by atoms with Crippen molar-refractivity contribution in [2.45, 2.75) is 25.7 Å². The molecule has 5 nitrogen and oxygen atoms in total. The van der Waals surface area contributed by atoms with E-state index in [0.717, 1.165) is 67.2 Å². The fraction of sp³-hybridized carbons (Fsp3) is 0.333. The third-order valence-corrected chi connectivity index (χ3v) is 7.66. The summed E-state index contributed by atoms with van der Waals surface area (Å²) in [6.07, 6.45) is 0.761. The number of hydrogen-bond donors (Lipinski definition) is 0. The summed E-state index contributed by atoms with van der Waals surface area (Å²) in [5, 5.41) is 0. The average molecular weight is 541 g/mol. The monoisotopic (exact) mass is 539 g/mol. The van der Waals surface area contributed by atoms with Crippen LogP contribution in [0.3, 0.4) is 0 Å². The van der Waals surface area contributed by atoms with Crippen LogP contribution in [0.25, 0.3) is 0 Å². The van der Waals surface area contributed by atoms with Gasteiger partial charge in [0, 0.05) is 49.7 Å². The number of carbonyl (C=O) groups excluding carboxylic acids is 2. The summed E-state index contributed by atoms with van der Waals surface area (Å²) >= 11 is 0. The molecule has 0 aromatic heterocycles. The van der Waals surface area contributed by atoms with Crippen molar-refractivity contribution < 1.29 is 9.59 Å². The maximum Gasteiger partial charge on any atom is 0.242 e. The Hall–Kier alpha value is -2.86. The van der Waals surface area contributed by atoms with E-state index in [1.807, 2.05) is 53.4 Å². The molecule has 1 fully saturated rings. The number of para-hydroxylation sites is 1. The zero-order valence-corrected chi connectivity index (χ0v) is 23.1. The SMILES string of the molecule is CCN1C(=O)C(CCN2CCN(c3ccc(C(C)=O)cc3)CC2)(c2ccccc2)c2ccccc21.Cl.Cl. The lowest BCUT2D eigenvalue weighted by Crippen LogP contribution is -2.49. The Morgan fingerprint density at radius 3 is 2.08 bits per heavy atom. The third-order valence-electron chi connectivity index (χ3n) is 7.66. The van der Waals surface area contributed by atoms with Crippen molar-refractivity contribution in [3.8, 4) is 0 Å². The minimum Gasteiger partial charge on any atom is -0.369 e. The van der Waals surface area contributed by atoms with Crippen molar-refractivity contribution in [1.29, 1.82) is 0 Å². The zero-order chi connectivity index (χ0) is 24.4. The Morgan fingerprint density at radius 1 is 0.838 bits per heavy atom. The topological polar surface area (TPSA) is 43.9 Å². The number of amides is 1. The minimum absolute atomic E-state index is 0. The Labute approximate surface area is 232 Å². The minimum atomic E-state index is -0.645. The molecule has 1 saturated heterocycles. The van der Waals surface area contributed by atoms with Crippen molar-refractivity contribution in [2.75, 3.05) is 49.1 Å². The number of piperazine rings is 1. The molecular weight excluding hydrogens is 505 g/mol. The molecule has 0 spiro atoms. The van der Waals surface area contributed by atoms with Crippen molar-refractivity contribution >= 4 is 47.9 Å². The summed E-state index contributed by atoms with van der Waals surface area (Å²) in [5.74, 6) is 0.287. The average Bonchev–Trinajstić information content (AvgIpc) is 3.16. The van der Waals surface area contributed by atoms with E-state index in [4.69, 9.17) is 0 Å². The summed E-state index contributed by atoms with van der Waals surface area (Å²) < 4.78 is 0. The molecule has 196 valence electrons. The summed E-state index contributed by atoms with van der Waals surface area (Å²) in [6, 6.07) is 26.5. The molecule has 1 unspecified atom stereocenters. The number of hydrogen-bond acceptors (Lipinski definition) is 4. The number of carbonyl (C=O) groups is 2. The van der Waals surface area contributed by atoms with Crippen LogP contribution in [0.15, 0.2) is 78.9 Å². The van der Waals surface area contributed by atoms with E-state index < -0.39 is 5.41 Å². The predicted octanol–water partition coefficient (Wildman–Crippen LogP) is 5.60. The molecule has 1 amide bonds. The molecule has 0 N–H and O–H groups in total. The lowest BCUT2D eigenvalue weighted by Gasteiger charge is -2.38. The van der Waals surface area contributed by atoms with Gasteiger partial charge >= 0.3 is 0 Å². The largest absolute Gasteiger partial charge is 0.369 e. The second-order valence-electron chi connectivity index (χ2n) is 9.52. The van der Waals surface area contributed by atoms with E-state index in [1.165, 1.54) is 0 Å². The smallest absolute Gasteiger partial charge is 0.242 e. The number of fused-ring (bicyclic) bond motifs is 1. The molecule has 3 aromatic carbocycles. The molecule has 0 saturated carbocycles. The number of halogens is 2. The lowest BCUT2D eigenvalue weighted by atomic mass is 9.72. The maximum atomic E-state index is 14.0. The van der Waals surface area contributed by atoms with Crippen LogP contribution in [0.4, 0.5) is 11.4 Å². The standard InChI is InChI=1S/C30H33N3O2.2ClH/c1-3-33-28-12-8-7-11-27(28)30(29(33)35,25-9-5-4-6-10-25)17-18-31-19-21-32(22-20-31)26-15-13-24(14-16-26)23(2)34;;/h4-16H,3,17-22H2,1-2H3;2*1H. The van der Waals surface area contributed by atoms with Crippen LogP contribution >= 0.6 is 24.8 Å². The van der Waals surface area contributed by atoms with Gasteiger partial charge in [0.2, 0.25) is 5.91 Å². The maximum absolute atomic E-state index is 14.0. The lowest BCUT2D eigenvalue weighted by molar-refractivity contribution is -0.122. The molecule has 37 heavy (non-hydrogen) atoms. The summed E-state index contributed by atoms with van der Waals surface area (Å²) in [4.78, 5) is 32.4. The van der Waals surface area contributed by atoms with E-state index in [-0.39, 0.29) is 36.5 Å². The number of nitrogens with zero attached hydrogens (tertiary/aromatic N) is 3. The summed E-state index contributed by atoms with van der Waals surface area (Å²) in [6.45, 7) is 8.96. The molecule has 7 heteroatoms. The second-order valence-corrected chi connectivity index (χ2v) is 9.52. The van der Waals surface area contributed by atoms with Crippen LogP contribution in [0, 0.1) is 0 Å².